The molecule has 0 aromatic carbocycles. The average molecular weight is 159 g/mol. The number of aromatic nitrogens is 1. The molecular formula is C7H9ClNO+. The Kier molecular flexibility index (Phi) is 1.81. The lowest BCUT2D eigenvalue weighted by atomic mass is 10.3. The number of hydrogen-bond donors (Lipinski definition) is 1. The Hall–Kier alpha value is -0.760. The van der Waals surface area contributed by atoms with Crippen LogP contribution in [0, 0.1) is 13.8 Å². The van der Waals surface area contributed by atoms with E-state index in [2.05, 4.69) is 0 Å². The second-order valence-corrected chi connectivity index (χ2v) is 2.62. The third kappa shape index (κ3) is 1.07. The zero-order valence-electron chi connectivity index (χ0n) is 5.93. The van der Waals surface area contributed by atoms with E-state index in [1.165, 1.54) is 0 Å². The molecule has 1 aromatic rings. The van der Waals surface area contributed by atoms with Crippen molar-refractivity contribution in [3.63, 3.8) is 0 Å². The third-order valence-corrected chi connectivity index (χ3v) is 1.88. The highest BCUT2D eigenvalue weighted by molar-refractivity contribution is 6.29. The fraction of sp³-hybridized carbons (Fsp3) is 0.286. The van der Waals surface area contributed by atoms with Gasteiger partial charge in [0, 0.05) is 23.3 Å². The summed E-state index contributed by atoms with van der Waals surface area (Å²) in [6, 6.07) is 3.67. The Morgan fingerprint density at radius 2 is 2.00 bits per heavy atom. The zero-order valence-corrected chi connectivity index (χ0v) is 6.68. The first kappa shape index (κ1) is 7.35. The van der Waals surface area contributed by atoms with Gasteiger partial charge in [-0.1, -0.05) is 0 Å². The molecule has 0 bridgehead atoms. The van der Waals surface area contributed by atoms with Crippen LogP contribution >= 0.6 is 11.6 Å². The Labute approximate surface area is 64.6 Å². The molecule has 0 aliphatic rings. The van der Waals surface area contributed by atoms with Crippen molar-refractivity contribution >= 4 is 11.6 Å². The molecule has 0 aliphatic carbocycles. The first-order valence-corrected chi connectivity index (χ1v) is 3.37. The van der Waals surface area contributed by atoms with Gasteiger partial charge < -0.3 is 0 Å². The molecule has 0 aliphatic heterocycles. The lowest BCUT2D eigenvalue weighted by molar-refractivity contribution is -0.907. The van der Waals surface area contributed by atoms with Gasteiger partial charge >= 0.3 is 5.15 Å². The van der Waals surface area contributed by atoms with E-state index in [0.717, 1.165) is 16.0 Å². The first-order chi connectivity index (χ1) is 4.63. The molecule has 0 spiro atoms. The largest absolute Gasteiger partial charge is 0.328 e. The normalized spacial score (nSPS) is 9.90. The minimum absolute atomic E-state index is 0.375. The van der Waals surface area contributed by atoms with Crippen molar-refractivity contribution in [3.05, 3.63) is 28.5 Å². The molecule has 0 radical (unpaired) electrons. The van der Waals surface area contributed by atoms with Crippen LogP contribution in [0.2, 0.25) is 5.15 Å². The average Bonchev–Trinajstić information content (AvgIpc) is 1.93. The van der Waals surface area contributed by atoms with Crippen molar-refractivity contribution in [2.75, 3.05) is 0 Å². The molecule has 1 aromatic heterocycles. The second kappa shape index (κ2) is 2.46. The maximum atomic E-state index is 9.17. The van der Waals surface area contributed by atoms with E-state index in [0.29, 0.717) is 5.15 Å². The summed E-state index contributed by atoms with van der Waals surface area (Å²) in [6.07, 6.45) is 0. The molecule has 54 valence electrons. The van der Waals surface area contributed by atoms with Crippen LogP contribution in [0.5, 0.6) is 0 Å². The summed E-state index contributed by atoms with van der Waals surface area (Å²) in [4.78, 5) is 0. The molecule has 10 heavy (non-hydrogen) atoms. The van der Waals surface area contributed by atoms with E-state index < -0.39 is 0 Å². The lowest BCUT2D eigenvalue weighted by Gasteiger charge is -1.93. The second-order valence-electron chi connectivity index (χ2n) is 2.26. The van der Waals surface area contributed by atoms with Gasteiger partial charge in [0.05, 0.1) is 0 Å². The Morgan fingerprint density at radius 1 is 1.40 bits per heavy atom. The highest BCUT2D eigenvalue weighted by Crippen LogP contribution is 2.08. The van der Waals surface area contributed by atoms with Gasteiger partial charge in [0.1, 0.15) is 0 Å². The molecular weight excluding hydrogens is 150 g/mol. The smallest absolute Gasteiger partial charge is 0.283 e. The molecule has 0 atom stereocenters. The molecule has 1 rings (SSSR count). The van der Waals surface area contributed by atoms with Gasteiger partial charge in [-0.25, -0.2) is 0 Å². The molecule has 3 heteroatoms. The van der Waals surface area contributed by atoms with Crippen LogP contribution < -0.4 is 4.73 Å². The number of aryl methyl sites for hydroxylation is 2. The van der Waals surface area contributed by atoms with Crippen molar-refractivity contribution in [3.8, 4) is 0 Å². The summed E-state index contributed by atoms with van der Waals surface area (Å²) in [6.45, 7) is 3.62. The SMILES string of the molecule is Cc1ccc(C)[n+](O)c1Cl. The fourth-order valence-corrected chi connectivity index (χ4v) is 0.903. The number of nitrogens with zero attached hydrogens (tertiary/aromatic N) is 1. The van der Waals surface area contributed by atoms with Gasteiger partial charge in [-0.2, -0.15) is 0 Å². The minimum atomic E-state index is 0.375. The molecule has 0 unspecified atom stereocenters. The van der Waals surface area contributed by atoms with Gasteiger partial charge in [-0.05, 0) is 24.6 Å². The number of rotatable bonds is 0. The highest BCUT2D eigenvalue weighted by atomic mass is 35.5. The molecule has 0 fully saturated rings. The van der Waals surface area contributed by atoms with Gasteiger partial charge in [-0.15, -0.1) is 0 Å². The predicted octanol–water partition coefficient (Wildman–Crippen LogP) is 1.48. The summed E-state index contributed by atoms with van der Waals surface area (Å²) in [5.74, 6) is 0. The molecule has 0 amide bonds. The fourth-order valence-electron chi connectivity index (χ4n) is 0.707. The number of hydrogen-bond acceptors (Lipinski definition) is 1. The third-order valence-electron chi connectivity index (χ3n) is 1.42. The quantitative estimate of drug-likeness (QED) is 0.345. The standard InChI is InChI=1S/C7H9ClNO/c1-5-3-4-6(2)9(10)7(5)8/h3-4,10H,1-2H3/q+1. The van der Waals surface area contributed by atoms with E-state index in [-0.39, 0.29) is 0 Å². The molecule has 1 heterocycles. The van der Waals surface area contributed by atoms with Crippen LogP contribution in [0.15, 0.2) is 12.1 Å². The molecule has 1 N–H and O–H groups in total. The van der Waals surface area contributed by atoms with Gasteiger partial charge in [0.2, 0.25) is 5.69 Å². The van der Waals surface area contributed by atoms with Gasteiger partial charge in [0.15, 0.2) is 0 Å². The van der Waals surface area contributed by atoms with Gasteiger partial charge in [0.25, 0.3) is 0 Å². The van der Waals surface area contributed by atoms with Gasteiger partial charge in [-0.3, -0.25) is 5.21 Å². The summed E-state index contributed by atoms with van der Waals surface area (Å²) < 4.78 is 0.969. The Bertz CT molecular complexity index is 233. The van der Waals surface area contributed by atoms with Crippen molar-refractivity contribution in [1.82, 2.24) is 0 Å². The highest BCUT2D eigenvalue weighted by Gasteiger charge is 2.12. The Balaban J connectivity index is 3.34. The van der Waals surface area contributed by atoms with E-state index in [9.17, 15) is 5.21 Å². The van der Waals surface area contributed by atoms with Crippen LogP contribution in [0.1, 0.15) is 11.3 Å². The van der Waals surface area contributed by atoms with E-state index in [4.69, 9.17) is 11.6 Å². The Morgan fingerprint density at radius 3 is 2.50 bits per heavy atom. The van der Waals surface area contributed by atoms with Crippen LogP contribution in [0.4, 0.5) is 0 Å². The summed E-state index contributed by atoms with van der Waals surface area (Å²) in [5.41, 5.74) is 1.60. The maximum absolute atomic E-state index is 9.17. The summed E-state index contributed by atoms with van der Waals surface area (Å²) in [7, 11) is 0. The van der Waals surface area contributed by atoms with Crippen LogP contribution in [-0.4, -0.2) is 5.21 Å². The number of pyridine rings is 1. The van der Waals surface area contributed by atoms with E-state index in [1.807, 2.05) is 13.0 Å². The maximum Gasteiger partial charge on any atom is 0.328 e. The molecule has 2 nitrogen and oxygen atoms in total. The monoisotopic (exact) mass is 158 g/mol. The van der Waals surface area contributed by atoms with Crippen LogP contribution in [-0.2, 0) is 0 Å². The number of halogens is 1. The lowest BCUT2D eigenvalue weighted by Crippen LogP contribution is -2.35. The van der Waals surface area contributed by atoms with Crippen molar-refractivity contribution in [2.45, 2.75) is 13.8 Å². The van der Waals surface area contributed by atoms with E-state index >= 15 is 0 Å². The van der Waals surface area contributed by atoms with Crippen molar-refractivity contribution < 1.29 is 9.94 Å². The summed E-state index contributed by atoms with van der Waals surface area (Å²) in [5, 5.41) is 9.55. The van der Waals surface area contributed by atoms with E-state index in [1.54, 1.807) is 13.0 Å². The first-order valence-electron chi connectivity index (χ1n) is 3.00. The van der Waals surface area contributed by atoms with Crippen LogP contribution in [0.25, 0.3) is 0 Å². The van der Waals surface area contributed by atoms with Crippen LogP contribution in [0.3, 0.4) is 0 Å². The summed E-state index contributed by atoms with van der Waals surface area (Å²) >= 11 is 5.70. The topological polar surface area (TPSA) is 24.1 Å². The zero-order chi connectivity index (χ0) is 7.72. The predicted molar refractivity (Wildman–Crippen MR) is 38.3 cm³/mol. The minimum Gasteiger partial charge on any atom is -0.283 e. The van der Waals surface area contributed by atoms with Crippen molar-refractivity contribution in [2.24, 2.45) is 0 Å². The molecule has 0 saturated carbocycles. The molecule has 0 saturated heterocycles. The van der Waals surface area contributed by atoms with Crippen molar-refractivity contribution in [1.29, 1.82) is 0 Å².